The molecule has 8 heteroatoms. The Bertz CT molecular complexity index is 568. The van der Waals surface area contributed by atoms with E-state index in [1.165, 1.54) is 12.8 Å². The van der Waals surface area contributed by atoms with Crippen LogP contribution in [0.3, 0.4) is 0 Å². The largest absolute Gasteiger partial charge is 0.354 e. The molecule has 2 fully saturated rings. The summed E-state index contributed by atoms with van der Waals surface area (Å²) in [4.78, 5) is 20.6. The van der Waals surface area contributed by atoms with Gasteiger partial charge in [0, 0.05) is 38.9 Å². The van der Waals surface area contributed by atoms with Crippen LogP contribution in [0.15, 0.2) is 17.4 Å². The average Bonchev–Trinajstić information content (AvgIpc) is 3.26. The van der Waals surface area contributed by atoms with Crippen LogP contribution in [0.1, 0.15) is 18.4 Å². The molecule has 1 aliphatic heterocycles. The van der Waals surface area contributed by atoms with Crippen molar-refractivity contribution in [3.63, 3.8) is 0 Å². The van der Waals surface area contributed by atoms with Gasteiger partial charge < -0.3 is 15.1 Å². The number of aliphatic imine (C=N–C) groups is 1. The summed E-state index contributed by atoms with van der Waals surface area (Å²) < 4.78 is 1.91. The molecule has 0 spiro atoms. The lowest BCUT2D eigenvalue weighted by atomic mass is 10.3. The van der Waals surface area contributed by atoms with Gasteiger partial charge in [-0.3, -0.25) is 14.5 Å². The van der Waals surface area contributed by atoms with Crippen LogP contribution in [-0.4, -0.2) is 70.7 Å². The maximum Gasteiger partial charge on any atom is 0.242 e. The molecule has 0 atom stereocenters. The van der Waals surface area contributed by atoms with E-state index in [2.05, 4.69) is 15.4 Å². The summed E-state index contributed by atoms with van der Waals surface area (Å²) >= 11 is 0. The van der Waals surface area contributed by atoms with Crippen molar-refractivity contribution in [2.45, 2.75) is 32.4 Å². The summed E-state index contributed by atoms with van der Waals surface area (Å²) in [5, 5.41) is 7.58. The summed E-state index contributed by atoms with van der Waals surface area (Å²) in [6.07, 6.45) is 6.21. The third-order valence-electron chi connectivity index (χ3n) is 4.14. The van der Waals surface area contributed by atoms with Gasteiger partial charge in [-0.25, -0.2) is 0 Å². The van der Waals surface area contributed by atoms with Gasteiger partial charge in [0.1, 0.15) is 0 Å². The molecule has 1 amide bonds. The number of nitrogens with zero attached hydrogens (tertiary/aromatic N) is 5. The normalized spacial score (nSPS) is 18.9. The van der Waals surface area contributed by atoms with E-state index in [4.69, 9.17) is 0 Å². The molecule has 23 heavy (non-hydrogen) atoms. The Morgan fingerprint density at radius 2 is 2.22 bits per heavy atom. The number of rotatable bonds is 4. The highest BCUT2D eigenvalue weighted by Gasteiger charge is 2.36. The number of aromatic nitrogens is 2. The van der Waals surface area contributed by atoms with E-state index >= 15 is 0 Å². The van der Waals surface area contributed by atoms with Crippen molar-refractivity contribution in [1.82, 2.24) is 24.9 Å². The van der Waals surface area contributed by atoms with Crippen LogP contribution < -0.4 is 5.32 Å². The molecular formula is C15H25IN6O. The lowest BCUT2D eigenvalue weighted by molar-refractivity contribution is -0.135. The molecule has 7 nitrogen and oxygen atoms in total. The number of amides is 1. The van der Waals surface area contributed by atoms with E-state index in [1.807, 2.05) is 33.8 Å². The fourth-order valence-electron chi connectivity index (χ4n) is 2.84. The van der Waals surface area contributed by atoms with Gasteiger partial charge in [0.05, 0.1) is 19.3 Å². The first kappa shape index (κ1) is 18.0. The maximum absolute atomic E-state index is 12.2. The summed E-state index contributed by atoms with van der Waals surface area (Å²) in [5.74, 6) is 1.02. The average molecular weight is 432 g/mol. The first-order valence-electron chi connectivity index (χ1n) is 7.91. The Hall–Kier alpha value is -1.32. The number of nitrogens with one attached hydrogen (secondary N) is 1. The summed E-state index contributed by atoms with van der Waals surface area (Å²) in [7, 11) is 1.76. The number of piperazine rings is 1. The van der Waals surface area contributed by atoms with E-state index in [-0.39, 0.29) is 29.9 Å². The van der Waals surface area contributed by atoms with Crippen molar-refractivity contribution in [1.29, 1.82) is 0 Å². The molecule has 2 heterocycles. The second kappa shape index (κ2) is 7.98. The van der Waals surface area contributed by atoms with Crippen LogP contribution in [0.5, 0.6) is 0 Å². The Morgan fingerprint density at radius 3 is 2.78 bits per heavy atom. The fourth-order valence-corrected chi connectivity index (χ4v) is 2.84. The van der Waals surface area contributed by atoms with E-state index in [0.717, 1.165) is 37.7 Å². The zero-order valence-corrected chi connectivity index (χ0v) is 16.1. The molecule has 2 aliphatic rings. The van der Waals surface area contributed by atoms with Crippen molar-refractivity contribution in [3.8, 4) is 0 Å². The molecule has 0 aromatic carbocycles. The predicted octanol–water partition coefficient (Wildman–Crippen LogP) is 0.692. The van der Waals surface area contributed by atoms with Crippen LogP contribution in [0, 0.1) is 6.92 Å². The van der Waals surface area contributed by atoms with Crippen LogP contribution in [0.25, 0.3) is 0 Å². The second-order valence-electron chi connectivity index (χ2n) is 5.99. The molecular weight excluding hydrogens is 407 g/mol. The topological polar surface area (TPSA) is 65.8 Å². The maximum atomic E-state index is 12.2. The first-order valence-corrected chi connectivity index (χ1v) is 7.91. The van der Waals surface area contributed by atoms with Gasteiger partial charge in [-0.1, -0.05) is 0 Å². The molecule has 0 bridgehead atoms. The molecule has 3 rings (SSSR count). The summed E-state index contributed by atoms with van der Waals surface area (Å²) in [5.41, 5.74) is 1.16. The Labute approximate surface area is 154 Å². The van der Waals surface area contributed by atoms with Gasteiger partial charge >= 0.3 is 0 Å². The first-order chi connectivity index (χ1) is 10.7. The molecule has 1 saturated carbocycles. The van der Waals surface area contributed by atoms with Gasteiger partial charge in [-0.2, -0.15) is 5.10 Å². The number of carbonyl (C=O) groups excluding carboxylic acids is 1. The highest BCUT2D eigenvalue weighted by Crippen LogP contribution is 2.27. The lowest BCUT2D eigenvalue weighted by Crippen LogP contribution is -2.56. The van der Waals surface area contributed by atoms with Gasteiger partial charge in [0.15, 0.2) is 5.96 Å². The predicted molar refractivity (Wildman–Crippen MR) is 100 cm³/mol. The van der Waals surface area contributed by atoms with Gasteiger partial charge in [0.25, 0.3) is 0 Å². The molecule has 1 aromatic heterocycles. The fraction of sp³-hybridized carbons (Fsp3) is 0.667. The monoisotopic (exact) mass is 432 g/mol. The molecule has 0 unspecified atom stereocenters. The minimum atomic E-state index is 0. The second-order valence-corrected chi connectivity index (χ2v) is 5.99. The number of halogens is 1. The Balaban J connectivity index is 0.00000192. The standard InChI is InChI=1S/C15H24N6O.HI/c1-12-9-18-20(10-12)6-5-17-15(16-2)19-7-8-21(13-3-4-13)14(22)11-19;/h9-10,13H,3-8,11H2,1-2H3,(H,16,17);1H. The molecule has 128 valence electrons. The number of aryl methyl sites for hydroxylation is 1. The molecule has 1 aromatic rings. The highest BCUT2D eigenvalue weighted by molar-refractivity contribution is 14.0. The molecule has 1 aliphatic carbocycles. The van der Waals surface area contributed by atoms with E-state index in [0.29, 0.717) is 12.6 Å². The van der Waals surface area contributed by atoms with Crippen LogP contribution in [0.4, 0.5) is 0 Å². The van der Waals surface area contributed by atoms with Crippen molar-refractivity contribution in [3.05, 3.63) is 18.0 Å². The van der Waals surface area contributed by atoms with E-state index in [9.17, 15) is 4.79 Å². The number of hydrogen-bond acceptors (Lipinski definition) is 3. The number of carbonyl (C=O) groups is 1. The Kier molecular flexibility index (Phi) is 6.25. The lowest BCUT2D eigenvalue weighted by Gasteiger charge is -2.36. The van der Waals surface area contributed by atoms with Gasteiger partial charge in [-0.05, 0) is 25.3 Å². The van der Waals surface area contributed by atoms with Gasteiger partial charge in [-0.15, -0.1) is 24.0 Å². The van der Waals surface area contributed by atoms with E-state index in [1.54, 1.807) is 7.05 Å². The minimum absolute atomic E-state index is 0. The zero-order chi connectivity index (χ0) is 15.5. The summed E-state index contributed by atoms with van der Waals surface area (Å²) in [6, 6.07) is 0.507. The Morgan fingerprint density at radius 1 is 1.43 bits per heavy atom. The molecule has 1 saturated heterocycles. The third kappa shape index (κ3) is 4.58. The third-order valence-corrected chi connectivity index (χ3v) is 4.14. The quantitative estimate of drug-likeness (QED) is 0.432. The van der Waals surface area contributed by atoms with Crippen molar-refractivity contribution in [2.24, 2.45) is 4.99 Å². The highest BCUT2D eigenvalue weighted by atomic mass is 127. The van der Waals surface area contributed by atoms with Crippen molar-refractivity contribution >= 4 is 35.8 Å². The SMILES string of the molecule is CN=C(NCCn1cc(C)cn1)N1CCN(C2CC2)C(=O)C1.I. The molecule has 1 N–H and O–H groups in total. The van der Waals surface area contributed by atoms with Gasteiger partial charge in [0.2, 0.25) is 5.91 Å². The smallest absolute Gasteiger partial charge is 0.242 e. The summed E-state index contributed by atoms with van der Waals surface area (Å²) in [6.45, 7) is 5.64. The minimum Gasteiger partial charge on any atom is -0.354 e. The van der Waals surface area contributed by atoms with E-state index < -0.39 is 0 Å². The van der Waals surface area contributed by atoms with Crippen LogP contribution in [-0.2, 0) is 11.3 Å². The van der Waals surface area contributed by atoms with Crippen molar-refractivity contribution in [2.75, 3.05) is 33.2 Å². The molecule has 0 radical (unpaired) electrons. The number of hydrogen-bond donors (Lipinski definition) is 1. The van der Waals surface area contributed by atoms with Crippen molar-refractivity contribution < 1.29 is 4.79 Å². The number of guanidine groups is 1. The van der Waals surface area contributed by atoms with Crippen LogP contribution in [0.2, 0.25) is 0 Å². The zero-order valence-electron chi connectivity index (χ0n) is 13.7. The van der Waals surface area contributed by atoms with Crippen LogP contribution >= 0.6 is 24.0 Å².